The third kappa shape index (κ3) is 6.77. The lowest BCUT2D eigenvalue weighted by molar-refractivity contribution is 0.0784. The Balaban J connectivity index is 2.30. The fourth-order valence-electron chi connectivity index (χ4n) is 3.85. The lowest BCUT2D eigenvalue weighted by Crippen LogP contribution is -2.34. The fraction of sp³-hybridized carbons (Fsp3) is 0.696. The molecule has 0 bridgehead atoms. The van der Waals surface area contributed by atoms with Crippen LogP contribution in [0.2, 0.25) is 0 Å². The van der Waals surface area contributed by atoms with Crippen molar-refractivity contribution < 1.29 is 9.90 Å². The Morgan fingerprint density at radius 3 is 2.53 bits per heavy atom. The van der Waals surface area contributed by atoms with Crippen molar-refractivity contribution in [3.8, 4) is 0 Å². The highest BCUT2D eigenvalue weighted by Crippen LogP contribution is 2.35. The molecule has 1 saturated carbocycles. The van der Waals surface area contributed by atoms with Gasteiger partial charge in [-0.15, -0.1) is 0 Å². The number of aliphatic hydroxyl groups excluding tert-OH is 1. The summed E-state index contributed by atoms with van der Waals surface area (Å²) in [5, 5.41) is 13.2. The maximum Gasteiger partial charge on any atom is 0.257 e. The number of allylic oxidation sites excluding steroid dienone is 1. The molecule has 1 aromatic heterocycles. The van der Waals surface area contributed by atoms with Gasteiger partial charge in [-0.2, -0.15) is 0 Å². The SMILES string of the molecule is C=C(c1nc(NC(C)CCC)ncc1C(=O)N(C)CCN(C)C)C1CCC(O)CC1. The Kier molecular flexibility index (Phi) is 9.24. The van der Waals surface area contributed by atoms with Crippen molar-refractivity contribution in [3.05, 3.63) is 24.0 Å². The number of likely N-dealkylation sites (N-methyl/N-ethyl adjacent to an activating group) is 2. The van der Waals surface area contributed by atoms with Crippen LogP contribution >= 0.6 is 0 Å². The predicted octanol–water partition coefficient (Wildman–Crippen LogP) is 3.28. The van der Waals surface area contributed by atoms with Crippen LogP contribution in [0.25, 0.3) is 5.57 Å². The van der Waals surface area contributed by atoms with Gasteiger partial charge in [-0.3, -0.25) is 4.79 Å². The van der Waals surface area contributed by atoms with E-state index >= 15 is 0 Å². The standard InChI is InChI=1S/C23H39N5O2/c1-7-8-16(2)25-23-24-15-20(22(30)28(6)14-13-27(4)5)21(26-23)17(3)18-9-11-19(29)12-10-18/h15-16,18-19,29H,3,7-14H2,1-2,4-6H3,(H,24,25,26). The molecular weight excluding hydrogens is 378 g/mol. The van der Waals surface area contributed by atoms with Crippen LogP contribution < -0.4 is 5.32 Å². The van der Waals surface area contributed by atoms with Crippen LogP contribution in [-0.4, -0.2) is 77.2 Å². The first-order valence-corrected chi connectivity index (χ1v) is 11.1. The number of hydrogen-bond acceptors (Lipinski definition) is 6. The van der Waals surface area contributed by atoms with E-state index in [-0.39, 0.29) is 24.0 Å². The Morgan fingerprint density at radius 2 is 1.93 bits per heavy atom. The summed E-state index contributed by atoms with van der Waals surface area (Å²) in [6, 6.07) is 0.255. The van der Waals surface area contributed by atoms with E-state index in [4.69, 9.17) is 4.98 Å². The number of anilines is 1. The second kappa shape index (κ2) is 11.4. The third-order valence-corrected chi connectivity index (χ3v) is 5.84. The molecule has 1 aliphatic carbocycles. The van der Waals surface area contributed by atoms with Crippen molar-refractivity contribution in [3.63, 3.8) is 0 Å². The first-order valence-electron chi connectivity index (χ1n) is 11.1. The topological polar surface area (TPSA) is 81.6 Å². The zero-order valence-electron chi connectivity index (χ0n) is 19.3. The molecule has 1 fully saturated rings. The minimum Gasteiger partial charge on any atom is -0.393 e. The van der Waals surface area contributed by atoms with E-state index in [0.717, 1.165) is 50.6 Å². The van der Waals surface area contributed by atoms with Crippen LogP contribution in [0, 0.1) is 5.92 Å². The van der Waals surface area contributed by atoms with Gasteiger partial charge in [0.25, 0.3) is 5.91 Å². The van der Waals surface area contributed by atoms with E-state index in [1.54, 1.807) is 11.1 Å². The molecule has 1 aliphatic rings. The van der Waals surface area contributed by atoms with Crippen molar-refractivity contribution in [1.82, 2.24) is 19.8 Å². The molecule has 1 atom stereocenters. The average molecular weight is 418 g/mol. The van der Waals surface area contributed by atoms with Gasteiger partial charge in [-0.1, -0.05) is 19.9 Å². The van der Waals surface area contributed by atoms with E-state index < -0.39 is 0 Å². The molecule has 1 unspecified atom stereocenters. The lowest BCUT2D eigenvalue weighted by atomic mass is 9.81. The van der Waals surface area contributed by atoms with E-state index in [2.05, 4.69) is 35.6 Å². The van der Waals surface area contributed by atoms with Crippen LogP contribution in [-0.2, 0) is 0 Å². The first-order chi connectivity index (χ1) is 14.2. The fourth-order valence-corrected chi connectivity index (χ4v) is 3.85. The summed E-state index contributed by atoms with van der Waals surface area (Å²) in [7, 11) is 5.79. The number of aromatic nitrogens is 2. The minimum atomic E-state index is -0.232. The Labute approximate surface area is 181 Å². The van der Waals surface area contributed by atoms with E-state index in [0.29, 0.717) is 23.8 Å². The molecule has 168 valence electrons. The highest BCUT2D eigenvalue weighted by atomic mass is 16.3. The summed E-state index contributed by atoms with van der Waals surface area (Å²) in [6.07, 6.45) is 6.76. The van der Waals surface area contributed by atoms with E-state index in [1.807, 2.05) is 21.1 Å². The van der Waals surface area contributed by atoms with Gasteiger partial charge in [0.1, 0.15) is 0 Å². The molecule has 2 rings (SSSR count). The van der Waals surface area contributed by atoms with E-state index in [1.165, 1.54) is 0 Å². The van der Waals surface area contributed by atoms with Crippen LogP contribution in [0.1, 0.15) is 68.4 Å². The third-order valence-electron chi connectivity index (χ3n) is 5.84. The Morgan fingerprint density at radius 1 is 1.27 bits per heavy atom. The van der Waals surface area contributed by atoms with Gasteiger partial charge in [-0.25, -0.2) is 9.97 Å². The maximum atomic E-state index is 13.2. The molecule has 0 aliphatic heterocycles. The van der Waals surface area contributed by atoms with Crippen LogP contribution in [0.15, 0.2) is 12.8 Å². The summed E-state index contributed by atoms with van der Waals surface area (Å²) in [5.41, 5.74) is 2.01. The quantitative estimate of drug-likeness (QED) is 0.608. The van der Waals surface area contributed by atoms with E-state index in [9.17, 15) is 9.90 Å². The van der Waals surface area contributed by atoms with Crippen molar-refractivity contribution in [1.29, 1.82) is 0 Å². The summed E-state index contributed by atoms with van der Waals surface area (Å²) in [5.74, 6) is 0.676. The molecule has 1 aromatic rings. The average Bonchev–Trinajstić information content (AvgIpc) is 2.71. The molecule has 2 N–H and O–H groups in total. The highest BCUT2D eigenvalue weighted by molar-refractivity contribution is 5.98. The van der Waals surface area contributed by atoms with Gasteiger partial charge in [0.15, 0.2) is 0 Å². The van der Waals surface area contributed by atoms with Crippen molar-refractivity contribution >= 4 is 17.4 Å². The number of hydrogen-bond donors (Lipinski definition) is 2. The van der Waals surface area contributed by atoms with Gasteiger partial charge in [0.05, 0.1) is 17.4 Å². The summed E-state index contributed by atoms with van der Waals surface area (Å²) < 4.78 is 0. The van der Waals surface area contributed by atoms with Crippen molar-refractivity contribution in [2.24, 2.45) is 5.92 Å². The van der Waals surface area contributed by atoms with Gasteiger partial charge in [-0.05, 0) is 64.6 Å². The molecule has 0 aromatic carbocycles. The Hall–Kier alpha value is -1.99. The zero-order chi connectivity index (χ0) is 22.3. The van der Waals surface area contributed by atoms with Gasteiger partial charge in [0.2, 0.25) is 5.95 Å². The monoisotopic (exact) mass is 417 g/mol. The molecule has 7 nitrogen and oxygen atoms in total. The number of carbonyl (C=O) groups excluding carboxylic acids is 1. The number of nitrogens with one attached hydrogen (secondary N) is 1. The number of aliphatic hydroxyl groups is 1. The summed E-state index contributed by atoms with van der Waals surface area (Å²) >= 11 is 0. The molecule has 0 radical (unpaired) electrons. The number of nitrogens with zero attached hydrogens (tertiary/aromatic N) is 4. The molecular formula is C23H39N5O2. The first kappa shape index (κ1) is 24.3. The van der Waals surface area contributed by atoms with Gasteiger partial charge >= 0.3 is 0 Å². The number of amides is 1. The van der Waals surface area contributed by atoms with Gasteiger partial charge < -0.3 is 20.2 Å². The Bertz CT molecular complexity index is 714. The number of carbonyl (C=O) groups is 1. The van der Waals surface area contributed by atoms with Crippen molar-refractivity contribution in [2.75, 3.05) is 39.5 Å². The smallest absolute Gasteiger partial charge is 0.257 e. The predicted molar refractivity (Wildman–Crippen MR) is 123 cm³/mol. The molecule has 1 amide bonds. The normalized spacial score (nSPS) is 20.1. The zero-order valence-corrected chi connectivity index (χ0v) is 19.3. The molecule has 0 saturated heterocycles. The van der Waals surface area contributed by atoms with Crippen LogP contribution in [0.4, 0.5) is 5.95 Å². The highest BCUT2D eigenvalue weighted by Gasteiger charge is 2.27. The summed E-state index contributed by atoms with van der Waals surface area (Å²) in [6.45, 7) is 10.00. The number of rotatable bonds is 10. The molecule has 30 heavy (non-hydrogen) atoms. The maximum absolute atomic E-state index is 13.2. The van der Waals surface area contributed by atoms with Crippen LogP contribution in [0.5, 0.6) is 0 Å². The lowest BCUT2D eigenvalue weighted by Gasteiger charge is -2.28. The van der Waals surface area contributed by atoms with Crippen LogP contribution in [0.3, 0.4) is 0 Å². The van der Waals surface area contributed by atoms with Crippen molar-refractivity contribution in [2.45, 2.75) is 64.5 Å². The minimum absolute atomic E-state index is 0.0861. The molecule has 0 spiro atoms. The molecule has 1 heterocycles. The molecule has 7 heteroatoms. The largest absolute Gasteiger partial charge is 0.393 e. The summed E-state index contributed by atoms with van der Waals surface area (Å²) in [4.78, 5) is 26.1. The second-order valence-electron chi connectivity index (χ2n) is 8.85. The second-order valence-corrected chi connectivity index (χ2v) is 8.85. The van der Waals surface area contributed by atoms with Gasteiger partial charge in [0, 0.05) is 32.4 Å².